The van der Waals surface area contributed by atoms with Crippen LogP contribution in [0.1, 0.15) is 412 Å². The van der Waals surface area contributed by atoms with Crippen molar-refractivity contribution in [1.82, 2.24) is 5.32 Å². The first kappa shape index (κ1) is 78.3. The summed E-state index contributed by atoms with van der Waals surface area (Å²) in [7, 11) is 0. The molecule has 2 atom stereocenters. The lowest BCUT2D eigenvalue weighted by Gasteiger charge is -2.20. The van der Waals surface area contributed by atoms with Crippen molar-refractivity contribution in [3.05, 3.63) is 24.3 Å². The van der Waals surface area contributed by atoms with Gasteiger partial charge < -0.3 is 20.3 Å². The number of carbonyl (C=O) groups is 2. The smallest absolute Gasteiger partial charge is 0.305 e. The quantitative estimate of drug-likeness (QED) is 0.0320. The molecule has 6 heteroatoms. The molecule has 0 aromatic heterocycles. The van der Waals surface area contributed by atoms with Gasteiger partial charge in [-0.2, -0.15) is 0 Å². The minimum Gasteiger partial charge on any atom is -0.466 e. The molecule has 0 aromatic carbocycles. The molecule has 0 bridgehead atoms. The number of aliphatic hydroxyl groups excluding tert-OH is 2. The Bertz CT molecular complexity index is 1250. The van der Waals surface area contributed by atoms with Crippen LogP contribution < -0.4 is 5.32 Å². The van der Waals surface area contributed by atoms with E-state index in [4.69, 9.17) is 4.74 Å². The van der Waals surface area contributed by atoms with Crippen LogP contribution in [-0.4, -0.2) is 47.4 Å². The zero-order valence-electron chi connectivity index (χ0n) is 54.3. The van der Waals surface area contributed by atoms with E-state index >= 15 is 0 Å². The topological polar surface area (TPSA) is 95.9 Å². The van der Waals surface area contributed by atoms with Crippen LogP contribution in [0.25, 0.3) is 0 Å². The molecule has 1 amide bonds. The van der Waals surface area contributed by atoms with Crippen LogP contribution in [0.15, 0.2) is 24.3 Å². The molecule has 0 radical (unpaired) electrons. The molecule has 6 nitrogen and oxygen atoms in total. The highest BCUT2D eigenvalue weighted by molar-refractivity contribution is 5.76. The highest BCUT2D eigenvalue weighted by Gasteiger charge is 2.18. The van der Waals surface area contributed by atoms with E-state index in [1.54, 1.807) is 6.08 Å². The molecule has 0 saturated carbocycles. The number of esters is 1. The lowest BCUT2D eigenvalue weighted by molar-refractivity contribution is -0.143. The van der Waals surface area contributed by atoms with Crippen LogP contribution in [0.4, 0.5) is 0 Å². The Balaban J connectivity index is 3.33. The van der Waals surface area contributed by atoms with E-state index in [0.29, 0.717) is 19.4 Å². The monoisotopic (exact) mass is 1130 g/mol. The number of aliphatic hydroxyl groups is 2. The van der Waals surface area contributed by atoms with Gasteiger partial charge in [0.05, 0.1) is 25.4 Å². The van der Waals surface area contributed by atoms with Crippen molar-refractivity contribution in [3.8, 4) is 0 Å². The summed E-state index contributed by atoms with van der Waals surface area (Å²) in [5.74, 6) is -0.0467. The fourth-order valence-electron chi connectivity index (χ4n) is 11.6. The van der Waals surface area contributed by atoms with Gasteiger partial charge in [0.2, 0.25) is 5.91 Å². The summed E-state index contributed by atoms with van der Waals surface area (Å²) in [6.07, 6.45) is 88.5. The molecule has 0 fully saturated rings. The zero-order chi connectivity index (χ0) is 57.8. The number of unbranched alkanes of at least 4 members (excludes halogenated alkanes) is 56. The van der Waals surface area contributed by atoms with Gasteiger partial charge in [0.1, 0.15) is 0 Å². The Morgan fingerprint density at radius 1 is 0.338 bits per heavy atom. The Morgan fingerprint density at radius 2 is 0.588 bits per heavy atom. The SMILES string of the molecule is CCCCCCCC/C=C\CCCCCCCC(=O)OCCCCCCCCCCCCCCCCCCCCCCCCCCCCCCCCCCC(=O)NC(CO)C(O)/C=C/CCCCCCCCCCCCCCCC. The average molecular weight is 1130 g/mol. The van der Waals surface area contributed by atoms with Gasteiger partial charge in [-0.3, -0.25) is 9.59 Å². The summed E-state index contributed by atoms with van der Waals surface area (Å²) < 4.78 is 5.50. The fourth-order valence-corrected chi connectivity index (χ4v) is 11.6. The Labute approximate surface area is 501 Å². The van der Waals surface area contributed by atoms with Crippen LogP contribution in [0.3, 0.4) is 0 Å². The Kier molecular flexibility index (Phi) is 68.4. The number of nitrogens with one attached hydrogen (secondary N) is 1. The molecule has 0 aromatic rings. The van der Waals surface area contributed by atoms with Gasteiger partial charge in [0.15, 0.2) is 0 Å². The van der Waals surface area contributed by atoms with Gasteiger partial charge in [-0.15, -0.1) is 0 Å². The molecular weight excluding hydrogens is 983 g/mol. The van der Waals surface area contributed by atoms with Crippen molar-refractivity contribution in [2.45, 2.75) is 424 Å². The summed E-state index contributed by atoms with van der Waals surface area (Å²) in [5.41, 5.74) is 0. The first-order chi connectivity index (χ1) is 39.5. The predicted octanol–water partition coefficient (Wildman–Crippen LogP) is 23.7. The van der Waals surface area contributed by atoms with E-state index in [-0.39, 0.29) is 18.5 Å². The van der Waals surface area contributed by atoms with Crippen molar-refractivity contribution in [1.29, 1.82) is 0 Å². The van der Waals surface area contributed by atoms with Crippen molar-refractivity contribution in [2.75, 3.05) is 13.2 Å². The first-order valence-electron chi connectivity index (χ1n) is 36.6. The van der Waals surface area contributed by atoms with E-state index in [1.165, 1.54) is 340 Å². The van der Waals surface area contributed by atoms with E-state index in [1.807, 2.05) is 6.08 Å². The van der Waals surface area contributed by atoms with E-state index in [0.717, 1.165) is 44.9 Å². The Morgan fingerprint density at radius 3 is 0.887 bits per heavy atom. The highest BCUT2D eigenvalue weighted by Crippen LogP contribution is 2.19. The largest absolute Gasteiger partial charge is 0.466 e. The number of hydrogen-bond donors (Lipinski definition) is 3. The number of carbonyl (C=O) groups excluding carboxylic acids is 2. The maximum Gasteiger partial charge on any atom is 0.305 e. The van der Waals surface area contributed by atoms with Crippen molar-refractivity contribution >= 4 is 11.9 Å². The van der Waals surface area contributed by atoms with Gasteiger partial charge in [0.25, 0.3) is 0 Å². The summed E-state index contributed by atoms with van der Waals surface area (Å²) in [6.45, 7) is 4.93. The highest BCUT2D eigenvalue weighted by atomic mass is 16.5. The molecule has 474 valence electrons. The van der Waals surface area contributed by atoms with E-state index < -0.39 is 12.1 Å². The lowest BCUT2D eigenvalue weighted by Crippen LogP contribution is -2.45. The second-order valence-corrected chi connectivity index (χ2v) is 25.3. The number of allylic oxidation sites excluding steroid dienone is 3. The van der Waals surface area contributed by atoms with Crippen molar-refractivity contribution in [2.24, 2.45) is 0 Å². The average Bonchev–Trinajstić information content (AvgIpc) is 3.46. The van der Waals surface area contributed by atoms with Gasteiger partial charge >= 0.3 is 5.97 Å². The molecule has 0 aliphatic carbocycles. The molecule has 0 spiro atoms. The molecule has 0 saturated heterocycles. The van der Waals surface area contributed by atoms with E-state index in [2.05, 4.69) is 31.3 Å². The zero-order valence-corrected chi connectivity index (χ0v) is 54.3. The third-order valence-corrected chi connectivity index (χ3v) is 17.2. The molecule has 0 rings (SSSR count). The molecule has 3 N–H and O–H groups in total. The van der Waals surface area contributed by atoms with Crippen LogP contribution in [-0.2, 0) is 14.3 Å². The van der Waals surface area contributed by atoms with Crippen molar-refractivity contribution < 1.29 is 24.5 Å². The Hall–Kier alpha value is -1.66. The van der Waals surface area contributed by atoms with Crippen LogP contribution >= 0.6 is 0 Å². The van der Waals surface area contributed by atoms with Gasteiger partial charge in [0, 0.05) is 12.8 Å². The molecule has 2 unspecified atom stereocenters. The number of ether oxygens (including phenoxy) is 1. The van der Waals surface area contributed by atoms with Crippen LogP contribution in [0.5, 0.6) is 0 Å². The second kappa shape index (κ2) is 69.8. The number of hydrogen-bond acceptors (Lipinski definition) is 5. The van der Waals surface area contributed by atoms with E-state index in [9.17, 15) is 19.8 Å². The van der Waals surface area contributed by atoms with Crippen LogP contribution in [0.2, 0.25) is 0 Å². The maximum absolute atomic E-state index is 12.5. The predicted molar refractivity (Wildman–Crippen MR) is 352 cm³/mol. The normalized spacial score (nSPS) is 12.6. The molecule has 0 aliphatic heterocycles. The summed E-state index contributed by atoms with van der Waals surface area (Å²) >= 11 is 0. The summed E-state index contributed by atoms with van der Waals surface area (Å²) in [4.78, 5) is 24.6. The second-order valence-electron chi connectivity index (χ2n) is 25.3. The minimum atomic E-state index is -0.841. The molecule has 80 heavy (non-hydrogen) atoms. The third-order valence-electron chi connectivity index (χ3n) is 17.2. The molecule has 0 aliphatic rings. The van der Waals surface area contributed by atoms with Crippen molar-refractivity contribution in [3.63, 3.8) is 0 Å². The minimum absolute atomic E-state index is 0.0137. The lowest BCUT2D eigenvalue weighted by atomic mass is 10.0. The fraction of sp³-hybridized carbons (Fsp3) is 0.919. The van der Waals surface area contributed by atoms with Gasteiger partial charge in [-0.1, -0.05) is 366 Å². The summed E-state index contributed by atoms with van der Waals surface area (Å²) in [5, 5.41) is 23.2. The van der Waals surface area contributed by atoms with Gasteiger partial charge in [-0.05, 0) is 57.8 Å². The maximum atomic E-state index is 12.5. The number of rotatable bonds is 69. The first-order valence-corrected chi connectivity index (χ1v) is 36.6. The standard InChI is InChI=1S/C74H143NO5/c1-3-5-7-9-11-13-15-17-19-39-42-46-50-54-58-62-66-72(77)71(70-76)75-73(78)67-63-59-55-51-47-43-40-36-34-32-30-28-26-24-22-20-21-23-25-27-29-31-33-35-37-41-45-49-53-57-61-65-69-80-74(79)68-64-60-56-52-48-44-38-18-16-14-12-10-8-6-4-2/h18,38,62,66,71-72,76-77H,3-17,19-37,39-61,63-65,67-70H2,1-2H3,(H,75,78)/b38-18-,66-62+. The molecular formula is C74H143NO5. The van der Waals surface area contributed by atoms with Gasteiger partial charge in [-0.25, -0.2) is 0 Å². The number of amides is 1. The molecule has 0 heterocycles. The summed E-state index contributed by atoms with van der Waals surface area (Å²) in [6, 6.07) is -0.624. The van der Waals surface area contributed by atoms with Crippen LogP contribution in [0, 0.1) is 0 Å². The third kappa shape index (κ3) is 65.5.